The highest BCUT2D eigenvalue weighted by Crippen LogP contribution is 2.41. The minimum absolute atomic E-state index is 0.0149. The second-order valence-electron chi connectivity index (χ2n) is 14.2. The van der Waals surface area contributed by atoms with Gasteiger partial charge in [-0.25, -0.2) is 4.98 Å². The summed E-state index contributed by atoms with van der Waals surface area (Å²) in [7, 11) is 0. The molecule has 7 rings (SSSR count). The van der Waals surface area contributed by atoms with Crippen LogP contribution in [0, 0.1) is 0 Å². The molecule has 0 aliphatic heterocycles. The molecule has 4 heteroatoms. The molecular formula is C42H39N3S. The average molecular weight is 618 g/mol. The van der Waals surface area contributed by atoms with Crippen molar-refractivity contribution < 1.29 is 0 Å². The summed E-state index contributed by atoms with van der Waals surface area (Å²) in [5, 5.41) is 2.37. The van der Waals surface area contributed by atoms with E-state index < -0.39 is 0 Å². The van der Waals surface area contributed by atoms with Crippen LogP contribution in [0.3, 0.4) is 0 Å². The largest absolute Gasteiger partial charge is 0.294 e. The fraction of sp³-hybridized carbons (Fsp3) is 0.190. The molecule has 3 aromatic heterocycles. The highest BCUT2D eigenvalue weighted by atomic mass is 32.1. The highest BCUT2D eigenvalue weighted by molar-refractivity contribution is 7.80. The maximum absolute atomic E-state index is 5.37. The lowest BCUT2D eigenvalue weighted by Gasteiger charge is -2.28. The molecule has 0 aliphatic rings. The van der Waals surface area contributed by atoms with Crippen molar-refractivity contribution in [3.63, 3.8) is 0 Å². The summed E-state index contributed by atoms with van der Waals surface area (Å²) in [6, 6.07) is 40.9. The van der Waals surface area contributed by atoms with Crippen LogP contribution in [0.15, 0.2) is 126 Å². The van der Waals surface area contributed by atoms with E-state index in [0.717, 1.165) is 44.3 Å². The molecule has 228 valence electrons. The third-order valence-corrected chi connectivity index (χ3v) is 9.34. The SMILES string of the molecule is CC(C)(C)c1cc(-c2cccc(-n3c4ccc(-c5ccccc5)cc4c4ccc(-c5ccccn5)cc43)n2)c(S)c(C(C)(C)C)c1. The fourth-order valence-corrected chi connectivity index (χ4v) is 6.88. The number of rotatable bonds is 4. The number of pyridine rings is 2. The van der Waals surface area contributed by atoms with Crippen LogP contribution < -0.4 is 0 Å². The van der Waals surface area contributed by atoms with Crippen LogP contribution in [-0.2, 0) is 10.8 Å². The molecule has 0 amide bonds. The Morgan fingerprint density at radius 2 is 1.30 bits per heavy atom. The minimum Gasteiger partial charge on any atom is -0.294 e. The molecular weight excluding hydrogens is 579 g/mol. The van der Waals surface area contributed by atoms with Crippen LogP contribution in [0.25, 0.3) is 61.3 Å². The number of fused-ring (bicyclic) bond motifs is 3. The molecule has 0 atom stereocenters. The van der Waals surface area contributed by atoms with Gasteiger partial charge >= 0.3 is 0 Å². The lowest BCUT2D eigenvalue weighted by molar-refractivity contribution is 0.560. The highest BCUT2D eigenvalue weighted by Gasteiger charge is 2.25. The molecule has 0 radical (unpaired) electrons. The number of hydrogen-bond donors (Lipinski definition) is 1. The van der Waals surface area contributed by atoms with Crippen LogP contribution >= 0.6 is 12.6 Å². The van der Waals surface area contributed by atoms with Gasteiger partial charge in [0.1, 0.15) is 5.82 Å². The van der Waals surface area contributed by atoms with Crippen molar-refractivity contribution in [3.05, 3.63) is 133 Å². The van der Waals surface area contributed by atoms with Crippen molar-refractivity contribution in [3.8, 4) is 39.5 Å². The van der Waals surface area contributed by atoms with Crippen molar-refractivity contribution >= 4 is 34.4 Å². The summed E-state index contributed by atoms with van der Waals surface area (Å²) in [5.41, 5.74) is 11.0. The van der Waals surface area contributed by atoms with E-state index in [1.54, 1.807) is 0 Å². The molecule has 0 saturated carbocycles. The van der Waals surface area contributed by atoms with Crippen molar-refractivity contribution in [2.24, 2.45) is 0 Å². The van der Waals surface area contributed by atoms with Gasteiger partial charge < -0.3 is 0 Å². The molecule has 0 saturated heterocycles. The van der Waals surface area contributed by atoms with E-state index in [1.807, 2.05) is 18.3 Å². The third kappa shape index (κ3) is 5.41. The molecule has 4 aromatic carbocycles. The second kappa shape index (κ2) is 11.3. The van der Waals surface area contributed by atoms with Gasteiger partial charge in [0.15, 0.2) is 0 Å². The molecule has 7 aromatic rings. The third-order valence-electron chi connectivity index (χ3n) is 8.86. The van der Waals surface area contributed by atoms with Crippen molar-refractivity contribution in [2.45, 2.75) is 57.3 Å². The predicted octanol–water partition coefficient (Wildman–Crippen LogP) is 11.5. The molecule has 0 fully saturated rings. The zero-order valence-corrected chi connectivity index (χ0v) is 28.2. The van der Waals surface area contributed by atoms with Gasteiger partial charge in [-0.1, -0.05) is 108 Å². The average Bonchev–Trinajstić information content (AvgIpc) is 3.37. The predicted molar refractivity (Wildman–Crippen MR) is 197 cm³/mol. The molecule has 3 heterocycles. The van der Waals surface area contributed by atoms with Crippen LogP contribution in [0.1, 0.15) is 52.7 Å². The van der Waals surface area contributed by atoms with Crippen LogP contribution in [0.2, 0.25) is 0 Å². The van der Waals surface area contributed by atoms with E-state index in [1.165, 1.54) is 33.0 Å². The van der Waals surface area contributed by atoms with Crippen LogP contribution in [0.4, 0.5) is 0 Å². The van der Waals surface area contributed by atoms with Gasteiger partial charge in [0.2, 0.25) is 0 Å². The zero-order valence-electron chi connectivity index (χ0n) is 27.3. The van der Waals surface area contributed by atoms with E-state index in [9.17, 15) is 0 Å². The quantitative estimate of drug-likeness (QED) is 0.199. The Labute approximate surface area is 277 Å². The van der Waals surface area contributed by atoms with Crippen LogP contribution in [0.5, 0.6) is 0 Å². The van der Waals surface area contributed by atoms with E-state index in [-0.39, 0.29) is 10.8 Å². The standard InChI is InChI=1S/C42H39N3S/c1-41(2,3)30-25-33(40(46)34(26-30)42(4,5)6)36-16-12-17-39(44-36)45-37-21-19-28(27-13-8-7-9-14-27)23-32(37)31-20-18-29(24-38(31)45)35-15-10-11-22-43-35/h7-26,46H,1-6H3. The normalized spacial score (nSPS) is 12.2. The number of aromatic nitrogens is 3. The lowest BCUT2D eigenvalue weighted by Crippen LogP contribution is -2.17. The summed E-state index contributed by atoms with van der Waals surface area (Å²) in [5.74, 6) is 0.870. The Morgan fingerprint density at radius 1 is 0.565 bits per heavy atom. The Balaban J connectivity index is 1.48. The molecule has 0 unspecified atom stereocenters. The molecule has 0 N–H and O–H groups in total. The van der Waals surface area contributed by atoms with Gasteiger partial charge in [0.05, 0.1) is 22.4 Å². The van der Waals surface area contributed by atoms with Gasteiger partial charge in [-0.3, -0.25) is 9.55 Å². The maximum Gasteiger partial charge on any atom is 0.138 e. The molecule has 46 heavy (non-hydrogen) atoms. The first-order valence-corrected chi connectivity index (χ1v) is 16.3. The van der Waals surface area contributed by atoms with Crippen LogP contribution in [-0.4, -0.2) is 14.5 Å². The van der Waals surface area contributed by atoms with Crippen molar-refractivity contribution in [1.29, 1.82) is 0 Å². The Kier molecular flexibility index (Phi) is 7.37. The smallest absolute Gasteiger partial charge is 0.138 e. The second-order valence-corrected chi connectivity index (χ2v) is 14.6. The first-order valence-electron chi connectivity index (χ1n) is 15.9. The monoisotopic (exact) mass is 617 g/mol. The summed E-state index contributed by atoms with van der Waals surface area (Å²) in [6.45, 7) is 13.6. The Bertz CT molecular complexity index is 2220. The Hall–Kier alpha value is -4.67. The van der Waals surface area contributed by atoms with E-state index in [0.29, 0.717) is 0 Å². The lowest BCUT2D eigenvalue weighted by atomic mass is 9.79. The zero-order chi connectivity index (χ0) is 32.2. The molecule has 0 aliphatic carbocycles. The number of thiol groups is 1. The van der Waals surface area contributed by atoms with E-state index in [4.69, 9.17) is 17.6 Å². The summed E-state index contributed by atoms with van der Waals surface area (Å²) in [6.07, 6.45) is 1.85. The minimum atomic E-state index is -0.0597. The fourth-order valence-electron chi connectivity index (χ4n) is 6.30. The van der Waals surface area contributed by atoms with E-state index >= 15 is 0 Å². The number of hydrogen-bond acceptors (Lipinski definition) is 3. The van der Waals surface area contributed by atoms with Gasteiger partial charge in [0.25, 0.3) is 0 Å². The molecule has 0 spiro atoms. The molecule has 3 nitrogen and oxygen atoms in total. The summed E-state index contributed by atoms with van der Waals surface area (Å²) in [4.78, 5) is 11.0. The van der Waals surface area contributed by atoms with Gasteiger partial charge in [0, 0.05) is 33.0 Å². The van der Waals surface area contributed by atoms with Crippen molar-refractivity contribution in [1.82, 2.24) is 14.5 Å². The van der Waals surface area contributed by atoms with Gasteiger partial charge in [-0.05, 0) is 81.6 Å². The van der Waals surface area contributed by atoms with E-state index in [2.05, 4.69) is 154 Å². The first-order chi connectivity index (χ1) is 22.0. The first kappa shape index (κ1) is 30.0. The number of benzene rings is 4. The maximum atomic E-state index is 5.37. The Morgan fingerprint density at radius 3 is 2.02 bits per heavy atom. The van der Waals surface area contributed by atoms with Gasteiger partial charge in [-0.15, -0.1) is 12.6 Å². The topological polar surface area (TPSA) is 30.7 Å². The summed E-state index contributed by atoms with van der Waals surface area (Å²) >= 11 is 5.13. The molecule has 0 bridgehead atoms. The van der Waals surface area contributed by atoms with Crippen molar-refractivity contribution in [2.75, 3.05) is 0 Å². The summed E-state index contributed by atoms with van der Waals surface area (Å²) < 4.78 is 2.30. The van der Waals surface area contributed by atoms with Gasteiger partial charge in [-0.2, -0.15) is 0 Å². The number of nitrogens with zero attached hydrogens (tertiary/aromatic N) is 3.